The van der Waals surface area contributed by atoms with Crippen LogP contribution in [-0.4, -0.2) is 21.2 Å². The fraction of sp³-hybridized carbons (Fsp3) is 0.429. The third-order valence-corrected chi connectivity index (χ3v) is 2.64. The van der Waals surface area contributed by atoms with Gasteiger partial charge in [-0.3, -0.25) is 9.59 Å². The molecule has 0 atom stereocenters. The average Bonchev–Trinajstić information content (AvgIpc) is 1.84. The molecule has 0 amide bonds. The van der Waals surface area contributed by atoms with Crippen LogP contribution >= 0.6 is 0 Å². The lowest BCUT2D eigenvalue weighted by Gasteiger charge is -2.11. The Morgan fingerprint density at radius 1 is 1.33 bits per heavy atom. The zero-order chi connectivity index (χ0) is 9.56. The molecule has 0 saturated carbocycles. The molecule has 12 heavy (non-hydrogen) atoms. The minimum atomic E-state index is -2.28. The minimum Gasteiger partial charge on any atom is -0.487 e. The summed E-state index contributed by atoms with van der Waals surface area (Å²) in [4.78, 5) is 20.9. The summed E-state index contributed by atoms with van der Waals surface area (Å²) in [6.07, 6.45) is 4.98. The number of carbonyl (C=O) groups is 2. The molecule has 0 bridgehead atoms. The molecular formula is C7H10O4Si. The van der Waals surface area contributed by atoms with Gasteiger partial charge in [-0.2, -0.15) is 0 Å². The van der Waals surface area contributed by atoms with Gasteiger partial charge in [-0.1, -0.05) is 0 Å². The first-order valence-corrected chi connectivity index (χ1v) is 5.10. The van der Waals surface area contributed by atoms with Crippen LogP contribution in [0.5, 0.6) is 0 Å². The van der Waals surface area contributed by atoms with E-state index < -0.39 is 21.2 Å². The largest absolute Gasteiger partial charge is 0.487 e. The Morgan fingerprint density at radius 2 is 1.75 bits per heavy atom. The summed E-state index contributed by atoms with van der Waals surface area (Å²) in [7, 11) is -2.28. The number of hydrogen-bond acceptors (Lipinski definition) is 4. The Labute approximate surface area is 72.7 Å². The zero-order valence-corrected chi connectivity index (χ0v) is 8.15. The van der Waals surface area contributed by atoms with E-state index in [1.54, 1.807) is 0 Å². The smallest absolute Gasteiger partial charge is 0.460 e. The molecule has 0 aromatic carbocycles. The quantitative estimate of drug-likeness (QED) is 0.458. The van der Waals surface area contributed by atoms with Gasteiger partial charge in [-0.25, -0.2) is 0 Å². The Balaban J connectivity index is 3.96. The van der Waals surface area contributed by atoms with Crippen molar-refractivity contribution in [3.05, 3.63) is 0 Å². The number of terminal acetylenes is 1. The van der Waals surface area contributed by atoms with Crippen molar-refractivity contribution < 1.29 is 18.4 Å². The molecule has 0 radical (unpaired) electrons. The molecule has 0 aliphatic carbocycles. The highest BCUT2D eigenvalue weighted by atomic mass is 28.3. The average molecular weight is 186 g/mol. The molecule has 0 heterocycles. The molecule has 0 aliphatic heterocycles. The summed E-state index contributed by atoms with van der Waals surface area (Å²) < 4.78 is 9.43. The highest BCUT2D eigenvalue weighted by Crippen LogP contribution is 1.96. The summed E-state index contributed by atoms with van der Waals surface area (Å²) in [5, 5.41) is 0. The number of hydrogen-bond donors (Lipinski definition) is 0. The van der Waals surface area contributed by atoms with Gasteiger partial charge in [0.2, 0.25) is 0 Å². The van der Waals surface area contributed by atoms with Crippen LogP contribution in [0.15, 0.2) is 0 Å². The second-order valence-electron chi connectivity index (χ2n) is 2.06. The maximum absolute atomic E-state index is 10.5. The van der Waals surface area contributed by atoms with Gasteiger partial charge in [0, 0.05) is 13.8 Å². The third-order valence-electron chi connectivity index (χ3n) is 0.879. The van der Waals surface area contributed by atoms with Gasteiger partial charge < -0.3 is 8.85 Å². The second kappa shape index (κ2) is 5.38. The fourth-order valence-corrected chi connectivity index (χ4v) is 1.72. The summed E-state index contributed by atoms with van der Waals surface area (Å²) >= 11 is 0. The normalized spacial score (nSPS) is 8.83. The van der Waals surface area contributed by atoms with E-state index in [2.05, 4.69) is 5.92 Å². The van der Waals surface area contributed by atoms with Gasteiger partial charge >= 0.3 is 9.28 Å². The Kier molecular flexibility index (Phi) is 4.80. The second-order valence-corrected chi connectivity index (χ2v) is 3.80. The summed E-state index contributed by atoms with van der Waals surface area (Å²) in [5.41, 5.74) is 0. The molecule has 0 aromatic rings. The zero-order valence-electron chi connectivity index (χ0n) is 6.99. The molecular weight excluding hydrogens is 176 g/mol. The first-order valence-electron chi connectivity index (χ1n) is 3.34. The van der Waals surface area contributed by atoms with Crippen molar-refractivity contribution in [1.29, 1.82) is 0 Å². The molecule has 0 aromatic heterocycles. The SMILES string of the molecule is C#CC[SiH](OC(C)=O)OC(C)=O. The molecule has 0 saturated heterocycles. The molecule has 0 aliphatic rings. The molecule has 0 spiro atoms. The molecule has 4 nitrogen and oxygen atoms in total. The van der Waals surface area contributed by atoms with Crippen molar-refractivity contribution in [1.82, 2.24) is 0 Å². The monoisotopic (exact) mass is 186 g/mol. The van der Waals surface area contributed by atoms with Crippen LogP contribution in [0, 0.1) is 12.3 Å². The molecule has 5 heteroatoms. The van der Waals surface area contributed by atoms with Gasteiger partial charge in [-0.15, -0.1) is 12.3 Å². The fourth-order valence-electron chi connectivity index (χ4n) is 0.574. The van der Waals surface area contributed by atoms with Crippen molar-refractivity contribution in [2.75, 3.05) is 0 Å². The minimum absolute atomic E-state index is 0.208. The first kappa shape index (κ1) is 10.7. The third kappa shape index (κ3) is 5.50. The van der Waals surface area contributed by atoms with Crippen LogP contribution in [0.1, 0.15) is 13.8 Å². The lowest BCUT2D eigenvalue weighted by molar-refractivity contribution is -0.137. The van der Waals surface area contributed by atoms with Crippen LogP contribution < -0.4 is 0 Å². The topological polar surface area (TPSA) is 52.6 Å². The van der Waals surface area contributed by atoms with E-state index in [-0.39, 0.29) is 6.04 Å². The van der Waals surface area contributed by atoms with Crippen LogP contribution in [0.2, 0.25) is 6.04 Å². The molecule has 0 fully saturated rings. The predicted octanol–water partition coefficient (Wildman–Crippen LogP) is -0.0337. The molecule has 0 unspecified atom stereocenters. The summed E-state index contributed by atoms with van der Waals surface area (Å²) in [5.74, 6) is 1.35. The van der Waals surface area contributed by atoms with E-state index in [1.807, 2.05) is 0 Å². The van der Waals surface area contributed by atoms with Crippen molar-refractivity contribution in [3.63, 3.8) is 0 Å². The van der Waals surface area contributed by atoms with Gasteiger partial charge in [-0.05, 0) is 0 Å². The highest BCUT2D eigenvalue weighted by Gasteiger charge is 2.17. The number of rotatable bonds is 3. The van der Waals surface area contributed by atoms with Crippen LogP contribution in [-0.2, 0) is 18.4 Å². The Bertz CT molecular complexity index is 202. The van der Waals surface area contributed by atoms with Crippen molar-refractivity contribution in [2.24, 2.45) is 0 Å². The lowest BCUT2D eigenvalue weighted by Crippen LogP contribution is -2.26. The first-order chi connectivity index (χ1) is 5.56. The van der Waals surface area contributed by atoms with Gasteiger partial charge in [0.25, 0.3) is 11.9 Å². The highest BCUT2D eigenvalue weighted by molar-refractivity contribution is 6.49. The van der Waals surface area contributed by atoms with Gasteiger partial charge in [0.1, 0.15) is 0 Å². The van der Waals surface area contributed by atoms with E-state index in [9.17, 15) is 9.59 Å². The van der Waals surface area contributed by atoms with Crippen molar-refractivity contribution in [3.8, 4) is 12.3 Å². The van der Waals surface area contributed by atoms with E-state index in [0.717, 1.165) is 0 Å². The maximum Gasteiger partial charge on any atom is 0.460 e. The van der Waals surface area contributed by atoms with Gasteiger partial charge in [0.15, 0.2) is 0 Å². The van der Waals surface area contributed by atoms with E-state index >= 15 is 0 Å². The molecule has 66 valence electrons. The van der Waals surface area contributed by atoms with Crippen molar-refractivity contribution in [2.45, 2.75) is 19.9 Å². The van der Waals surface area contributed by atoms with E-state index in [0.29, 0.717) is 0 Å². The summed E-state index contributed by atoms with van der Waals surface area (Å²) in [6, 6.07) is 0.208. The van der Waals surface area contributed by atoms with E-state index in [1.165, 1.54) is 13.8 Å². The van der Waals surface area contributed by atoms with Crippen LogP contribution in [0.3, 0.4) is 0 Å². The Hall–Kier alpha value is -1.28. The van der Waals surface area contributed by atoms with Crippen molar-refractivity contribution >= 4 is 21.2 Å². The molecule has 0 rings (SSSR count). The van der Waals surface area contributed by atoms with Crippen LogP contribution in [0.25, 0.3) is 0 Å². The molecule has 0 N–H and O–H groups in total. The maximum atomic E-state index is 10.5. The summed E-state index contributed by atoms with van der Waals surface area (Å²) in [6.45, 7) is 2.50. The van der Waals surface area contributed by atoms with Crippen LogP contribution in [0.4, 0.5) is 0 Å². The number of carbonyl (C=O) groups excluding carboxylic acids is 2. The van der Waals surface area contributed by atoms with E-state index in [4.69, 9.17) is 15.3 Å². The Morgan fingerprint density at radius 3 is 2.00 bits per heavy atom. The predicted molar refractivity (Wildman–Crippen MR) is 44.3 cm³/mol. The van der Waals surface area contributed by atoms with Gasteiger partial charge in [0.05, 0.1) is 6.04 Å². The lowest BCUT2D eigenvalue weighted by atomic mass is 10.8. The standard InChI is InChI=1S/C7H10O4Si/c1-4-5-12(10-6(2)8)11-7(3)9/h1,12H,5H2,2-3H3.